The largest absolute Gasteiger partial charge is 0.344 e. The lowest BCUT2D eigenvalue weighted by Crippen LogP contribution is -2.26. The predicted octanol–water partition coefficient (Wildman–Crippen LogP) is 3.16. The van der Waals surface area contributed by atoms with Crippen molar-refractivity contribution in [1.29, 1.82) is 0 Å². The lowest BCUT2D eigenvalue weighted by atomic mass is 10.1. The average Bonchev–Trinajstić information content (AvgIpc) is 2.93. The zero-order valence-electron chi connectivity index (χ0n) is 14.0. The van der Waals surface area contributed by atoms with Crippen LogP contribution in [0.25, 0.3) is 0 Å². The van der Waals surface area contributed by atoms with Gasteiger partial charge in [-0.2, -0.15) is 0 Å². The summed E-state index contributed by atoms with van der Waals surface area (Å²) in [5, 5.41) is 3.46. The summed E-state index contributed by atoms with van der Waals surface area (Å²) in [6, 6.07) is 0. The van der Waals surface area contributed by atoms with E-state index in [1.54, 1.807) is 0 Å². The molecule has 21 heavy (non-hydrogen) atoms. The van der Waals surface area contributed by atoms with Gasteiger partial charge in [0.15, 0.2) is 0 Å². The van der Waals surface area contributed by atoms with Crippen molar-refractivity contribution in [2.75, 3.05) is 25.0 Å². The molecule has 118 valence electrons. The Morgan fingerprint density at radius 3 is 2.67 bits per heavy atom. The number of aryl methyl sites for hydroxylation is 1. The molecule has 1 aliphatic rings. The van der Waals surface area contributed by atoms with Gasteiger partial charge in [0.1, 0.15) is 0 Å². The highest BCUT2D eigenvalue weighted by Gasteiger charge is 2.18. The molecule has 1 fully saturated rings. The Bertz CT molecular complexity index is 438. The highest BCUT2D eigenvalue weighted by Crippen LogP contribution is 2.26. The van der Waals surface area contributed by atoms with Gasteiger partial charge in [0.25, 0.3) is 0 Å². The Morgan fingerprint density at radius 2 is 2.05 bits per heavy atom. The fraction of sp³-hybridized carbons (Fsp3) is 0.765. The van der Waals surface area contributed by atoms with Crippen LogP contribution in [-0.4, -0.2) is 30.1 Å². The van der Waals surface area contributed by atoms with E-state index in [1.165, 1.54) is 31.2 Å². The third kappa shape index (κ3) is 4.95. The van der Waals surface area contributed by atoms with E-state index < -0.39 is 0 Å². The van der Waals surface area contributed by atoms with Crippen molar-refractivity contribution in [1.82, 2.24) is 15.3 Å². The van der Waals surface area contributed by atoms with Crippen molar-refractivity contribution in [2.45, 2.75) is 53.0 Å². The quantitative estimate of drug-likeness (QED) is 0.837. The molecule has 1 N–H and O–H groups in total. The molecule has 0 unspecified atom stereocenters. The van der Waals surface area contributed by atoms with Gasteiger partial charge < -0.3 is 10.2 Å². The van der Waals surface area contributed by atoms with Gasteiger partial charge >= 0.3 is 0 Å². The first kappa shape index (κ1) is 16.2. The Kier molecular flexibility index (Phi) is 5.97. The second-order valence-electron chi connectivity index (χ2n) is 6.84. The van der Waals surface area contributed by atoms with Crippen molar-refractivity contribution in [3.8, 4) is 0 Å². The number of rotatable bonds is 7. The molecule has 1 saturated carbocycles. The normalized spacial score (nSPS) is 15.9. The van der Waals surface area contributed by atoms with Gasteiger partial charge in [0.05, 0.1) is 0 Å². The SMILES string of the molecule is Cc1nc(N(C)CC2CCCC2)ncc1CNCC(C)C. The van der Waals surface area contributed by atoms with Crippen LogP contribution in [0.2, 0.25) is 0 Å². The molecule has 0 saturated heterocycles. The van der Waals surface area contributed by atoms with Crippen molar-refractivity contribution in [3.63, 3.8) is 0 Å². The molecular formula is C17H30N4. The number of nitrogens with zero attached hydrogens (tertiary/aromatic N) is 3. The fourth-order valence-electron chi connectivity index (χ4n) is 2.99. The van der Waals surface area contributed by atoms with Crippen LogP contribution >= 0.6 is 0 Å². The summed E-state index contributed by atoms with van der Waals surface area (Å²) in [7, 11) is 2.11. The first-order valence-electron chi connectivity index (χ1n) is 8.30. The molecule has 1 aromatic rings. The van der Waals surface area contributed by atoms with E-state index in [-0.39, 0.29) is 0 Å². The fourth-order valence-corrected chi connectivity index (χ4v) is 2.99. The lowest BCUT2D eigenvalue weighted by Gasteiger charge is -2.21. The summed E-state index contributed by atoms with van der Waals surface area (Å²) in [5.41, 5.74) is 2.29. The van der Waals surface area contributed by atoms with Gasteiger partial charge in [0, 0.05) is 37.6 Å². The zero-order valence-corrected chi connectivity index (χ0v) is 14.0. The molecule has 1 heterocycles. The standard InChI is InChI=1S/C17H30N4/c1-13(2)9-18-10-16-11-19-17(20-14(16)3)21(4)12-15-7-5-6-8-15/h11,13,15,18H,5-10,12H2,1-4H3. The van der Waals surface area contributed by atoms with Crippen LogP contribution in [0.4, 0.5) is 5.95 Å². The summed E-state index contributed by atoms with van der Waals surface area (Å²) in [5.74, 6) is 2.36. The molecule has 0 aromatic carbocycles. The number of aromatic nitrogens is 2. The minimum atomic E-state index is 0.669. The molecule has 0 amide bonds. The van der Waals surface area contributed by atoms with Gasteiger partial charge in [-0.1, -0.05) is 26.7 Å². The summed E-state index contributed by atoms with van der Waals surface area (Å²) in [4.78, 5) is 11.5. The first-order chi connectivity index (χ1) is 10.1. The van der Waals surface area contributed by atoms with E-state index in [9.17, 15) is 0 Å². The Hall–Kier alpha value is -1.16. The maximum absolute atomic E-state index is 4.69. The minimum absolute atomic E-state index is 0.669. The number of nitrogens with one attached hydrogen (secondary N) is 1. The number of hydrogen-bond acceptors (Lipinski definition) is 4. The predicted molar refractivity (Wildman–Crippen MR) is 88.5 cm³/mol. The van der Waals surface area contributed by atoms with Gasteiger partial charge in [0.2, 0.25) is 5.95 Å². The smallest absolute Gasteiger partial charge is 0.225 e. The van der Waals surface area contributed by atoms with Crippen LogP contribution in [0.5, 0.6) is 0 Å². The van der Waals surface area contributed by atoms with Crippen LogP contribution in [0.15, 0.2) is 6.20 Å². The highest BCUT2D eigenvalue weighted by molar-refractivity contribution is 5.32. The third-order valence-electron chi connectivity index (χ3n) is 4.28. The van der Waals surface area contributed by atoms with E-state index in [0.29, 0.717) is 5.92 Å². The van der Waals surface area contributed by atoms with E-state index in [2.05, 4.69) is 48.0 Å². The molecular weight excluding hydrogens is 260 g/mol. The third-order valence-corrected chi connectivity index (χ3v) is 4.28. The van der Waals surface area contributed by atoms with Crippen molar-refractivity contribution < 1.29 is 0 Å². The van der Waals surface area contributed by atoms with Gasteiger partial charge in [-0.05, 0) is 38.1 Å². The summed E-state index contributed by atoms with van der Waals surface area (Å²) < 4.78 is 0. The Morgan fingerprint density at radius 1 is 1.33 bits per heavy atom. The van der Waals surface area contributed by atoms with Crippen molar-refractivity contribution >= 4 is 5.95 Å². The molecule has 4 heteroatoms. The maximum atomic E-state index is 4.69. The summed E-state index contributed by atoms with van der Waals surface area (Å²) in [6.45, 7) is 9.50. The first-order valence-corrected chi connectivity index (χ1v) is 8.30. The molecule has 0 radical (unpaired) electrons. The van der Waals surface area contributed by atoms with E-state index >= 15 is 0 Å². The topological polar surface area (TPSA) is 41.1 Å². The summed E-state index contributed by atoms with van der Waals surface area (Å²) in [6.07, 6.45) is 7.48. The molecule has 2 rings (SSSR count). The minimum Gasteiger partial charge on any atom is -0.344 e. The second-order valence-corrected chi connectivity index (χ2v) is 6.84. The van der Waals surface area contributed by atoms with Crippen LogP contribution in [0.1, 0.15) is 50.8 Å². The monoisotopic (exact) mass is 290 g/mol. The number of hydrogen-bond donors (Lipinski definition) is 1. The molecule has 0 bridgehead atoms. The molecule has 1 aliphatic carbocycles. The number of anilines is 1. The molecule has 1 aromatic heterocycles. The van der Waals surface area contributed by atoms with E-state index in [1.807, 2.05) is 6.20 Å². The molecule has 0 aliphatic heterocycles. The maximum Gasteiger partial charge on any atom is 0.225 e. The Balaban J connectivity index is 1.90. The van der Waals surface area contributed by atoms with E-state index in [4.69, 9.17) is 0 Å². The van der Waals surface area contributed by atoms with Crippen LogP contribution in [0.3, 0.4) is 0 Å². The van der Waals surface area contributed by atoms with Crippen LogP contribution in [-0.2, 0) is 6.54 Å². The van der Waals surface area contributed by atoms with Crippen molar-refractivity contribution in [2.24, 2.45) is 11.8 Å². The summed E-state index contributed by atoms with van der Waals surface area (Å²) >= 11 is 0. The molecule has 4 nitrogen and oxygen atoms in total. The second kappa shape index (κ2) is 7.74. The van der Waals surface area contributed by atoms with Crippen LogP contribution < -0.4 is 10.2 Å². The molecule has 0 spiro atoms. The van der Waals surface area contributed by atoms with Gasteiger partial charge in [-0.25, -0.2) is 9.97 Å². The Labute approximate surface area is 129 Å². The van der Waals surface area contributed by atoms with Gasteiger partial charge in [-0.15, -0.1) is 0 Å². The van der Waals surface area contributed by atoms with Gasteiger partial charge in [-0.3, -0.25) is 0 Å². The zero-order chi connectivity index (χ0) is 15.2. The van der Waals surface area contributed by atoms with Crippen molar-refractivity contribution in [3.05, 3.63) is 17.5 Å². The lowest BCUT2D eigenvalue weighted by molar-refractivity contribution is 0.540. The molecule has 0 atom stereocenters. The average molecular weight is 290 g/mol. The highest BCUT2D eigenvalue weighted by atomic mass is 15.2. The van der Waals surface area contributed by atoms with Crippen LogP contribution in [0, 0.1) is 18.8 Å². The van der Waals surface area contributed by atoms with E-state index in [0.717, 1.165) is 37.2 Å².